The van der Waals surface area contributed by atoms with Gasteiger partial charge in [0.15, 0.2) is 0 Å². The standard InChI is InChI=1S/C17H26FNO/c1-5-19-14-8-9-17(3,4)11-16(14)20-15-7-6-13(18)10-12(15)2/h6-7,10,14,16,19H,5,8-9,11H2,1-4H3. The van der Waals surface area contributed by atoms with E-state index in [4.69, 9.17) is 4.74 Å². The molecule has 1 aliphatic carbocycles. The maximum atomic E-state index is 13.2. The molecular formula is C17H26FNO. The van der Waals surface area contributed by atoms with Crippen molar-refractivity contribution in [2.45, 2.75) is 59.1 Å². The number of nitrogens with one attached hydrogen (secondary N) is 1. The van der Waals surface area contributed by atoms with Crippen LogP contribution in [0.3, 0.4) is 0 Å². The summed E-state index contributed by atoms with van der Waals surface area (Å²) in [7, 11) is 0. The second-order valence-corrected chi connectivity index (χ2v) is 6.64. The van der Waals surface area contributed by atoms with Gasteiger partial charge in [0.05, 0.1) is 0 Å². The molecule has 0 saturated heterocycles. The van der Waals surface area contributed by atoms with Gasteiger partial charge in [-0.3, -0.25) is 0 Å². The number of benzene rings is 1. The number of hydrogen-bond donors (Lipinski definition) is 1. The maximum Gasteiger partial charge on any atom is 0.123 e. The number of aryl methyl sites for hydroxylation is 1. The topological polar surface area (TPSA) is 21.3 Å². The molecule has 0 radical (unpaired) electrons. The van der Waals surface area contributed by atoms with Crippen LogP contribution in [0.25, 0.3) is 0 Å². The molecule has 20 heavy (non-hydrogen) atoms. The predicted molar refractivity (Wildman–Crippen MR) is 80.6 cm³/mol. The Morgan fingerprint density at radius 3 is 2.80 bits per heavy atom. The van der Waals surface area contributed by atoms with Gasteiger partial charge in [-0.1, -0.05) is 20.8 Å². The Kier molecular flexibility index (Phi) is 4.69. The van der Waals surface area contributed by atoms with E-state index < -0.39 is 0 Å². The second kappa shape index (κ2) is 6.13. The summed E-state index contributed by atoms with van der Waals surface area (Å²) < 4.78 is 19.4. The summed E-state index contributed by atoms with van der Waals surface area (Å²) in [6.07, 6.45) is 3.53. The summed E-state index contributed by atoms with van der Waals surface area (Å²) in [6.45, 7) is 9.56. The van der Waals surface area contributed by atoms with E-state index in [2.05, 4.69) is 26.1 Å². The van der Waals surface area contributed by atoms with E-state index in [-0.39, 0.29) is 11.9 Å². The third-order valence-corrected chi connectivity index (χ3v) is 4.22. The van der Waals surface area contributed by atoms with Crippen molar-refractivity contribution in [3.05, 3.63) is 29.6 Å². The van der Waals surface area contributed by atoms with E-state index in [1.165, 1.54) is 18.6 Å². The number of ether oxygens (including phenoxy) is 1. The molecule has 0 aliphatic heterocycles. The quantitative estimate of drug-likeness (QED) is 0.897. The van der Waals surface area contributed by atoms with Crippen LogP contribution in [0.2, 0.25) is 0 Å². The van der Waals surface area contributed by atoms with E-state index in [1.54, 1.807) is 6.07 Å². The van der Waals surface area contributed by atoms with Gasteiger partial charge in [0.1, 0.15) is 17.7 Å². The highest BCUT2D eigenvalue weighted by molar-refractivity contribution is 5.33. The fourth-order valence-corrected chi connectivity index (χ4v) is 3.05. The fourth-order valence-electron chi connectivity index (χ4n) is 3.05. The molecule has 1 aromatic carbocycles. The van der Waals surface area contributed by atoms with Gasteiger partial charge >= 0.3 is 0 Å². The molecule has 1 fully saturated rings. The zero-order valence-corrected chi connectivity index (χ0v) is 13.0. The van der Waals surface area contributed by atoms with Gasteiger partial charge in [0, 0.05) is 6.04 Å². The van der Waals surface area contributed by atoms with Crippen molar-refractivity contribution in [1.29, 1.82) is 0 Å². The number of hydrogen-bond acceptors (Lipinski definition) is 2. The Bertz CT molecular complexity index is 458. The van der Waals surface area contributed by atoms with Crippen molar-refractivity contribution in [2.75, 3.05) is 6.54 Å². The Balaban J connectivity index is 2.14. The predicted octanol–water partition coefficient (Wildman–Crippen LogP) is 4.07. The summed E-state index contributed by atoms with van der Waals surface area (Å²) in [5, 5.41) is 3.52. The van der Waals surface area contributed by atoms with Crippen LogP contribution in [-0.4, -0.2) is 18.7 Å². The van der Waals surface area contributed by atoms with E-state index >= 15 is 0 Å². The number of likely N-dealkylation sites (N-methyl/N-ethyl adjacent to an activating group) is 1. The third kappa shape index (κ3) is 3.72. The van der Waals surface area contributed by atoms with Crippen LogP contribution in [0.1, 0.15) is 45.6 Å². The Morgan fingerprint density at radius 1 is 1.40 bits per heavy atom. The zero-order chi connectivity index (χ0) is 14.8. The second-order valence-electron chi connectivity index (χ2n) is 6.64. The molecule has 0 aromatic heterocycles. The molecule has 2 rings (SSSR count). The minimum Gasteiger partial charge on any atom is -0.489 e. The van der Waals surface area contributed by atoms with Crippen LogP contribution in [0, 0.1) is 18.2 Å². The molecule has 1 aliphatic rings. The highest BCUT2D eigenvalue weighted by atomic mass is 19.1. The minimum absolute atomic E-state index is 0.155. The molecule has 1 N–H and O–H groups in total. The summed E-state index contributed by atoms with van der Waals surface area (Å²) in [5.74, 6) is 0.596. The fraction of sp³-hybridized carbons (Fsp3) is 0.647. The maximum absolute atomic E-state index is 13.2. The molecular weight excluding hydrogens is 253 g/mol. The number of rotatable bonds is 4. The van der Waals surface area contributed by atoms with Gasteiger partial charge in [-0.05, 0) is 61.9 Å². The van der Waals surface area contributed by atoms with Crippen LogP contribution in [0.4, 0.5) is 4.39 Å². The first kappa shape index (κ1) is 15.3. The number of halogens is 1. The van der Waals surface area contributed by atoms with E-state index in [0.29, 0.717) is 11.5 Å². The lowest BCUT2D eigenvalue weighted by atomic mass is 9.74. The average Bonchev–Trinajstić information content (AvgIpc) is 2.36. The van der Waals surface area contributed by atoms with Gasteiger partial charge in [0.2, 0.25) is 0 Å². The smallest absolute Gasteiger partial charge is 0.123 e. The van der Waals surface area contributed by atoms with Crippen LogP contribution in [0.5, 0.6) is 5.75 Å². The van der Waals surface area contributed by atoms with Crippen molar-refractivity contribution >= 4 is 0 Å². The van der Waals surface area contributed by atoms with Gasteiger partial charge in [-0.2, -0.15) is 0 Å². The lowest BCUT2D eigenvalue weighted by Crippen LogP contribution is -2.49. The zero-order valence-electron chi connectivity index (χ0n) is 13.0. The summed E-state index contributed by atoms with van der Waals surface area (Å²) in [6, 6.07) is 5.14. The lowest BCUT2D eigenvalue weighted by Gasteiger charge is -2.41. The minimum atomic E-state index is -0.206. The Hall–Kier alpha value is -1.09. The average molecular weight is 279 g/mol. The van der Waals surface area contributed by atoms with Crippen LogP contribution in [-0.2, 0) is 0 Å². The van der Waals surface area contributed by atoms with Gasteiger partial charge in [-0.15, -0.1) is 0 Å². The van der Waals surface area contributed by atoms with Crippen molar-refractivity contribution in [3.8, 4) is 5.75 Å². The largest absolute Gasteiger partial charge is 0.489 e. The highest BCUT2D eigenvalue weighted by Gasteiger charge is 2.36. The molecule has 1 aromatic rings. The molecule has 2 nitrogen and oxygen atoms in total. The summed E-state index contributed by atoms with van der Waals surface area (Å²) in [5.41, 5.74) is 1.17. The van der Waals surface area contributed by atoms with E-state index in [9.17, 15) is 4.39 Å². The van der Waals surface area contributed by atoms with Crippen molar-refractivity contribution in [1.82, 2.24) is 5.32 Å². The molecule has 0 spiro atoms. The summed E-state index contributed by atoms with van der Waals surface area (Å²) >= 11 is 0. The first-order valence-corrected chi connectivity index (χ1v) is 7.57. The van der Waals surface area contributed by atoms with Crippen LogP contribution >= 0.6 is 0 Å². The lowest BCUT2D eigenvalue weighted by molar-refractivity contribution is 0.0531. The van der Waals surface area contributed by atoms with Crippen molar-refractivity contribution < 1.29 is 9.13 Å². The van der Waals surface area contributed by atoms with Gasteiger partial charge in [-0.25, -0.2) is 4.39 Å². The normalized spacial score (nSPS) is 25.4. The third-order valence-electron chi connectivity index (χ3n) is 4.22. The van der Waals surface area contributed by atoms with Gasteiger partial charge in [0.25, 0.3) is 0 Å². The highest BCUT2D eigenvalue weighted by Crippen LogP contribution is 2.37. The van der Waals surface area contributed by atoms with Gasteiger partial charge < -0.3 is 10.1 Å². The first-order chi connectivity index (χ1) is 9.41. The monoisotopic (exact) mass is 279 g/mol. The van der Waals surface area contributed by atoms with Crippen LogP contribution in [0.15, 0.2) is 18.2 Å². The molecule has 2 unspecified atom stereocenters. The molecule has 3 heteroatoms. The molecule has 1 saturated carbocycles. The summed E-state index contributed by atoms with van der Waals surface area (Å²) in [4.78, 5) is 0. The van der Waals surface area contributed by atoms with E-state index in [0.717, 1.165) is 30.7 Å². The molecule has 2 atom stereocenters. The SMILES string of the molecule is CCNC1CCC(C)(C)CC1Oc1ccc(F)cc1C. The Labute approximate surface area is 121 Å². The van der Waals surface area contributed by atoms with Crippen molar-refractivity contribution in [3.63, 3.8) is 0 Å². The molecule has 0 amide bonds. The van der Waals surface area contributed by atoms with E-state index in [1.807, 2.05) is 6.92 Å². The molecule has 0 heterocycles. The Morgan fingerprint density at radius 2 is 2.15 bits per heavy atom. The van der Waals surface area contributed by atoms with Crippen LogP contribution < -0.4 is 10.1 Å². The molecule has 112 valence electrons. The van der Waals surface area contributed by atoms with Crippen molar-refractivity contribution in [2.24, 2.45) is 5.41 Å². The first-order valence-electron chi connectivity index (χ1n) is 7.57. The molecule has 0 bridgehead atoms.